The van der Waals surface area contributed by atoms with Crippen LogP contribution >= 0.6 is 0 Å². The number of hydrogen-bond donors (Lipinski definition) is 0. The van der Waals surface area contributed by atoms with Crippen LogP contribution in [-0.2, 0) is 14.8 Å². The normalized spacial score (nSPS) is 25.4. The Morgan fingerprint density at radius 1 is 1.33 bits per heavy atom. The second kappa shape index (κ2) is 6.71. The van der Waals surface area contributed by atoms with Crippen molar-refractivity contribution in [3.8, 4) is 0 Å². The number of hydrogen-bond acceptors (Lipinski definition) is 4. The topological polar surface area (TPSA) is 49.9 Å². The first-order chi connectivity index (χ1) is 11.4. The van der Waals surface area contributed by atoms with Gasteiger partial charge in [-0.2, -0.15) is 4.31 Å². The molecule has 134 valence electrons. The Kier molecular flexibility index (Phi) is 4.97. The summed E-state index contributed by atoms with van der Waals surface area (Å²) in [6.45, 7) is 2.68. The number of piperidine rings is 1. The Hall–Kier alpha value is -1.02. The molecule has 2 saturated heterocycles. The van der Waals surface area contributed by atoms with Gasteiger partial charge in [0.05, 0.1) is 11.5 Å². The molecule has 2 aliphatic rings. The van der Waals surface area contributed by atoms with E-state index in [-0.39, 0.29) is 10.3 Å². The number of benzene rings is 1. The van der Waals surface area contributed by atoms with Crippen LogP contribution in [0.4, 0.5) is 4.39 Å². The lowest BCUT2D eigenvalue weighted by atomic mass is 9.77. The van der Waals surface area contributed by atoms with Gasteiger partial charge < -0.3 is 9.64 Å². The molecule has 7 heteroatoms. The van der Waals surface area contributed by atoms with Crippen LogP contribution in [0, 0.1) is 11.2 Å². The number of rotatable bonds is 4. The highest BCUT2D eigenvalue weighted by Gasteiger charge is 2.45. The molecule has 5 nitrogen and oxygen atoms in total. The van der Waals surface area contributed by atoms with E-state index in [0.29, 0.717) is 25.7 Å². The Morgan fingerprint density at radius 2 is 2.04 bits per heavy atom. The molecule has 2 aliphatic heterocycles. The summed E-state index contributed by atoms with van der Waals surface area (Å²) in [5.41, 5.74) is 0.173. The smallest absolute Gasteiger partial charge is 0.243 e. The van der Waals surface area contributed by atoms with Gasteiger partial charge in [-0.05, 0) is 49.9 Å². The molecule has 0 radical (unpaired) electrons. The number of halogens is 1. The molecule has 3 rings (SSSR count). The van der Waals surface area contributed by atoms with Crippen molar-refractivity contribution in [3.05, 3.63) is 30.1 Å². The van der Waals surface area contributed by atoms with Gasteiger partial charge in [-0.3, -0.25) is 0 Å². The van der Waals surface area contributed by atoms with Crippen molar-refractivity contribution in [3.63, 3.8) is 0 Å². The predicted octanol–water partition coefficient (Wildman–Crippen LogP) is 1.95. The van der Waals surface area contributed by atoms with Crippen molar-refractivity contribution in [2.75, 3.05) is 40.4 Å². The van der Waals surface area contributed by atoms with Crippen LogP contribution in [0.3, 0.4) is 0 Å². The van der Waals surface area contributed by atoms with Crippen molar-refractivity contribution in [2.45, 2.75) is 30.2 Å². The maximum atomic E-state index is 13.4. The summed E-state index contributed by atoms with van der Waals surface area (Å²) in [4.78, 5) is 2.36. The third-order valence-corrected chi connectivity index (χ3v) is 7.35. The van der Waals surface area contributed by atoms with E-state index in [2.05, 4.69) is 11.9 Å². The number of ether oxygens (including phenoxy) is 1. The Morgan fingerprint density at radius 3 is 2.67 bits per heavy atom. The minimum Gasteiger partial charge on any atom is -0.383 e. The summed E-state index contributed by atoms with van der Waals surface area (Å²) in [6, 6.07) is 5.66. The van der Waals surface area contributed by atoms with E-state index in [9.17, 15) is 12.8 Å². The maximum absolute atomic E-state index is 13.4. The molecule has 0 amide bonds. The van der Waals surface area contributed by atoms with E-state index in [1.807, 2.05) is 0 Å². The molecular formula is C17H25FN2O3S. The third-order valence-electron chi connectivity index (χ3n) is 5.45. The van der Waals surface area contributed by atoms with Crippen LogP contribution in [0.1, 0.15) is 19.3 Å². The molecule has 0 aromatic heterocycles. The fourth-order valence-electron chi connectivity index (χ4n) is 4.10. The van der Waals surface area contributed by atoms with Gasteiger partial charge in [0.15, 0.2) is 0 Å². The highest BCUT2D eigenvalue weighted by Crippen LogP contribution is 2.43. The summed E-state index contributed by atoms with van der Waals surface area (Å²) in [7, 11) is 0.208. The van der Waals surface area contributed by atoms with Crippen molar-refractivity contribution in [1.29, 1.82) is 0 Å². The summed E-state index contributed by atoms with van der Waals surface area (Å²) in [5, 5.41) is 0. The molecule has 24 heavy (non-hydrogen) atoms. The van der Waals surface area contributed by atoms with Crippen LogP contribution in [0.2, 0.25) is 0 Å². The van der Waals surface area contributed by atoms with Gasteiger partial charge >= 0.3 is 0 Å². The molecule has 0 saturated carbocycles. The van der Waals surface area contributed by atoms with Crippen LogP contribution < -0.4 is 0 Å². The molecular weight excluding hydrogens is 331 g/mol. The zero-order valence-electron chi connectivity index (χ0n) is 14.2. The van der Waals surface area contributed by atoms with Gasteiger partial charge in [-0.15, -0.1) is 0 Å². The Bertz CT molecular complexity index is 687. The quantitative estimate of drug-likeness (QED) is 0.827. The van der Waals surface area contributed by atoms with E-state index in [1.54, 1.807) is 7.11 Å². The Labute approximate surface area is 143 Å². The second-order valence-electron chi connectivity index (χ2n) is 7.09. The highest BCUT2D eigenvalue weighted by molar-refractivity contribution is 7.89. The van der Waals surface area contributed by atoms with E-state index in [4.69, 9.17) is 4.74 Å². The predicted molar refractivity (Wildman–Crippen MR) is 89.7 cm³/mol. The van der Waals surface area contributed by atoms with Gasteiger partial charge in [-0.1, -0.05) is 6.07 Å². The zero-order valence-corrected chi connectivity index (χ0v) is 15.1. The molecule has 2 heterocycles. The molecule has 1 aromatic carbocycles. The minimum absolute atomic E-state index is 0.0410. The van der Waals surface area contributed by atoms with Crippen molar-refractivity contribution in [2.24, 2.45) is 5.41 Å². The SMILES string of the molecule is COCC1CC2(CCN(S(=O)(=O)c3cccc(F)c3)CC2)CN1C. The Balaban J connectivity index is 1.69. The van der Waals surface area contributed by atoms with Crippen molar-refractivity contribution < 1.29 is 17.5 Å². The maximum Gasteiger partial charge on any atom is 0.243 e. The lowest BCUT2D eigenvalue weighted by Crippen LogP contribution is -2.44. The van der Waals surface area contributed by atoms with E-state index < -0.39 is 15.8 Å². The standard InChI is InChI=1S/C17H25FN2O3S/c1-19-13-17(11-15(19)12-23-2)6-8-20(9-7-17)24(21,22)16-5-3-4-14(18)10-16/h3-5,10,15H,6-9,11-13H2,1-2H3. The number of nitrogens with zero attached hydrogens (tertiary/aromatic N) is 2. The average Bonchev–Trinajstić information content (AvgIpc) is 2.83. The first-order valence-corrected chi connectivity index (χ1v) is 9.75. The second-order valence-corrected chi connectivity index (χ2v) is 9.03. The molecule has 1 spiro atoms. The van der Waals surface area contributed by atoms with Gasteiger partial charge in [0.1, 0.15) is 5.82 Å². The average molecular weight is 356 g/mol. The van der Waals surface area contributed by atoms with Crippen LogP contribution in [0.25, 0.3) is 0 Å². The lowest BCUT2D eigenvalue weighted by molar-refractivity contribution is 0.129. The monoisotopic (exact) mass is 356 g/mol. The first-order valence-electron chi connectivity index (χ1n) is 8.31. The van der Waals surface area contributed by atoms with Crippen molar-refractivity contribution >= 4 is 10.0 Å². The molecule has 1 aromatic rings. The van der Waals surface area contributed by atoms with Crippen LogP contribution in [0.15, 0.2) is 29.2 Å². The number of likely N-dealkylation sites (tertiary alicyclic amines) is 1. The van der Waals surface area contributed by atoms with E-state index in [0.717, 1.165) is 31.9 Å². The highest BCUT2D eigenvalue weighted by atomic mass is 32.2. The zero-order chi connectivity index (χ0) is 17.4. The number of methoxy groups -OCH3 is 1. The summed E-state index contributed by atoms with van der Waals surface area (Å²) in [6.07, 6.45) is 2.73. The summed E-state index contributed by atoms with van der Waals surface area (Å²) >= 11 is 0. The van der Waals surface area contributed by atoms with Gasteiger partial charge in [-0.25, -0.2) is 12.8 Å². The van der Waals surface area contributed by atoms with Gasteiger partial charge in [0.25, 0.3) is 0 Å². The summed E-state index contributed by atoms with van der Waals surface area (Å²) in [5.74, 6) is -0.524. The molecule has 0 aliphatic carbocycles. The van der Waals surface area contributed by atoms with Crippen molar-refractivity contribution in [1.82, 2.24) is 9.21 Å². The van der Waals surface area contributed by atoms with Crippen LogP contribution in [0.5, 0.6) is 0 Å². The summed E-state index contributed by atoms with van der Waals surface area (Å²) < 4.78 is 45.6. The molecule has 0 bridgehead atoms. The fourth-order valence-corrected chi connectivity index (χ4v) is 5.57. The molecule has 1 atom stereocenters. The van der Waals surface area contributed by atoms with E-state index >= 15 is 0 Å². The molecule has 2 fully saturated rings. The number of sulfonamides is 1. The first kappa shape index (κ1) is 17.8. The number of likely N-dealkylation sites (N-methyl/N-ethyl adjacent to an activating group) is 1. The van der Waals surface area contributed by atoms with Crippen LogP contribution in [-0.4, -0.2) is 64.1 Å². The largest absolute Gasteiger partial charge is 0.383 e. The third kappa shape index (κ3) is 3.35. The van der Waals surface area contributed by atoms with Gasteiger partial charge in [0, 0.05) is 32.8 Å². The molecule has 0 N–H and O–H groups in total. The van der Waals surface area contributed by atoms with E-state index in [1.165, 1.54) is 22.5 Å². The molecule has 1 unspecified atom stereocenters. The minimum atomic E-state index is -3.61. The van der Waals surface area contributed by atoms with Gasteiger partial charge in [0.2, 0.25) is 10.0 Å². The lowest BCUT2D eigenvalue weighted by Gasteiger charge is -2.38. The fraction of sp³-hybridized carbons (Fsp3) is 0.647.